The SMILES string of the molecule is CCOC(=O)[C@H](C(C#N)C#N)[C@@H]1C(=O)N(Cc2ccccc2)c2ccccc21. The van der Waals surface area contributed by atoms with E-state index in [2.05, 4.69) is 0 Å². The highest BCUT2D eigenvalue weighted by Gasteiger charge is 2.48. The number of para-hydroxylation sites is 1. The van der Waals surface area contributed by atoms with Crippen LogP contribution in [0, 0.1) is 34.5 Å². The Morgan fingerprint density at radius 3 is 2.39 bits per heavy atom. The van der Waals surface area contributed by atoms with Crippen LogP contribution in [0.4, 0.5) is 5.69 Å². The molecule has 2 aromatic rings. The number of anilines is 1. The van der Waals surface area contributed by atoms with Crippen molar-refractivity contribution in [3.8, 4) is 12.1 Å². The summed E-state index contributed by atoms with van der Waals surface area (Å²) < 4.78 is 5.11. The van der Waals surface area contributed by atoms with Crippen LogP contribution in [0.1, 0.15) is 24.0 Å². The number of benzene rings is 2. The maximum absolute atomic E-state index is 13.4. The molecule has 1 heterocycles. The van der Waals surface area contributed by atoms with Crippen molar-refractivity contribution in [2.24, 2.45) is 11.8 Å². The van der Waals surface area contributed by atoms with Gasteiger partial charge in [-0.05, 0) is 24.1 Å². The van der Waals surface area contributed by atoms with Crippen LogP contribution in [0.5, 0.6) is 0 Å². The van der Waals surface area contributed by atoms with E-state index >= 15 is 0 Å². The number of nitriles is 2. The molecule has 0 aliphatic carbocycles. The summed E-state index contributed by atoms with van der Waals surface area (Å²) in [6.45, 7) is 2.09. The number of rotatable bonds is 6. The molecule has 0 spiro atoms. The van der Waals surface area contributed by atoms with Crippen LogP contribution in [0.25, 0.3) is 0 Å². The number of fused-ring (bicyclic) bond motifs is 1. The quantitative estimate of drug-likeness (QED) is 0.725. The minimum Gasteiger partial charge on any atom is -0.466 e. The normalized spacial score (nSPS) is 16.2. The smallest absolute Gasteiger partial charge is 0.312 e. The molecule has 2 aromatic carbocycles. The van der Waals surface area contributed by atoms with Crippen LogP contribution in [-0.2, 0) is 20.9 Å². The Morgan fingerprint density at radius 2 is 1.75 bits per heavy atom. The van der Waals surface area contributed by atoms with E-state index in [-0.39, 0.29) is 12.5 Å². The van der Waals surface area contributed by atoms with Gasteiger partial charge in [-0.3, -0.25) is 9.59 Å². The van der Waals surface area contributed by atoms with Gasteiger partial charge in [-0.2, -0.15) is 10.5 Å². The third-order valence-corrected chi connectivity index (χ3v) is 4.83. The van der Waals surface area contributed by atoms with E-state index in [1.165, 1.54) is 0 Å². The molecule has 1 aliphatic rings. The number of nitrogens with zero attached hydrogens (tertiary/aromatic N) is 3. The van der Waals surface area contributed by atoms with Gasteiger partial charge < -0.3 is 9.64 Å². The first kappa shape index (κ1) is 19.1. The Bertz CT molecular complexity index is 945. The highest BCUT2D eigenvalue weighted by Crippen LogP contribution is 2.44. The number of esters is 1. The van der Waals surface area contributed by atoms with E-state index in [1.807, 2.05) is 54.6 Å². The van der Waals surface area contributed by atoms with E-state index in [0.717, 1.165) is 5.56 Å². The lowest BCUT2D eigenvalue weighted by Gasteiger charge is -2.23. The average Bonchev–Trinajstić information content (AvgIpc) is 2.98. The minimum atomic E-state index is -1.28. The summed E-state index contributed by atoms with van der Waals surface area (Å²) in [6.07, 6.45) is 0. The zero-order chi connectivity index (χ0) is 20.1. The van der Waals surface area contributed by atoms with Gasteiger partial charge >= 0.3 is 5.97 Å². The number of carbonyl (C=O) groups is 2. The molecule has 140 valence electrons. The van der Waals surface area contributed by atoms with Gasteiger partial charge in [-0.25, -0.2) is 0 Å². The van der Waals surface area contributed by atoms with Gasteiger partial charge in [-0.1, -0.05) is 48.5 Å². The van der Waals surface area contributed by atoms with Crippen molar-refractivity contribution in [2.45, 2.75) is 19.4 Å². The molecule has 0 radical (unpaired) electrons. The van der Waals surface area contributed by atoms with Gasteiger partial charge in [0.1, 0.15) is 11.8 Å². The molecule has 6 nitrogen and oxygen atoms in total. The molecule has 0 unspecified atom stereocenters. The second kappa shape index (κ2) is 8.37. The fraction of sp³-hybridized carbons (Fsp3) is 0.273. The first-order valence-electron chi connectivity index (χ1n) is 9.02. The van der Waals surface area contributed by atoms with E-state index in [0.29, 0.717) is 17.8 Å². The predicted molar refractivity (Wildman–Crippen MR) is 102 cm³/mol. The molecule has 0 N–H and O–H groups in total. The first-order valence-corrected chi connectivity index (χ1v) is 9.02. The topological polar surface area (TPSA) is 94.2 Å². The van der Waals surface area contributed by atoms with Crippen molar-refractivity contribution in [2.75, 3.05) is 11.5 Å². The molecule has 3 rings (SSSR count). The Kier molecular flexibility index (Phi) is 5.72. The maximum Gasteiger partial charge on any atom is 0.312 e. The fourth-order valence-electron chi connectivity index (χ4n) is 3.58. The van der Waals surface area contributed by atoms with E-state index in [1.54, 1.807) is 24.0 Å². The lowest BCUT2D eigenvalue weighted by molar-refractivity contribution is -0.151. The summed E-state index contributed by atoms with van der Waals surface area (Å²) in [4.78, 5) is 27.6. The van der Waals surface area contributed by atoms with Crippen LogP contribution in [0.2, 0.25) is 0 Å². The Morgan fingerprint density at radius 1 is 1.11 bits per heavy atom. The van der Waals surface area contributed by atoms with Crippen LogP contribution in [0.3, 0.4) is 0 Å². The van der Waals surface area contributed by atoms with Crippen LogP contribution in [0.15, 0.2) is 54.6 Å². The molecule has 0 saturated heterocycles. The second-order valence-corrected chi connectivity index (χ2v) is 6.46. The number of ether oxygens (including phenoxy) is 1. The van der Waals surface area contributed by atoms with Gasteiger partial charge in [0.05, 0.1) is 31.2 Å². The predicted octanol–water partition coefficient (Wildman–Crippen LogP) is 3.16. The van der Waals surface area contributed by atoms with E-state index < -0.39 is 23.7 Å². The molecule has 28 heavy (non-hydrogen) atoms. The van der Waals surface area contributed by atoms with Gasteiger partial charge in [0.15, 0.2) is 0 Å². The number of carbonyl (C=O) groups excluding carboxylic acids is 2. The summed E-state index contributed by atoms with van der Waals surface area (Å²) >= 11 is 0. The molecule has 2 atom stereocenters. The zero-order valence-corrected chi connectivity index (χ0v) is 15.4. The highest BCUT2D eigenvalue weighted by atomic mass is 16.5. The monoisotopic (exact) mass is 373 g/mol. The molecule has 1 amide bonds. The second-order valence-electron chi connectivity index (χ2n) is 6.46. The molecule has 6 heteroatoms. The summed E-state index contributed by atoms with van der Waals surface area (Å²) in [5.41, 5.74) is 2.26. The molecule has 0 saturated carbocycles. The van der Waals surface area contributed by atoms with Crippen molar-refractivity contribution < 1.29 is 14.3 Å². The third kappa shape index (κ3) is 3.45. The maximum atomic E-state index is 13.4. The third-order valence-electron chi connectivity index (χ3n) is 4.83. The molecule has 0 aromatic heterocycles. The Hall–Kier alpha value is -3.64. The fourth-order valence-corrected chi connectivity index (χ4v) is 3.58. The number of hydrogen-bond acceptors (Lipinski definition) is 5. The minimum absolute atomic E-state index is 0.106. The number of amides is 1. The van der Waals surface area contributed by atoms with Crippen LogP contribution < -0.4 is 4.90 Å². The van der Waals surface area contributed by atoms with Crippen molar-refractivity contribution in [3.63, 3.8) is 0 Å². The number of hydrogen-bond donors (Lipinski definition) is 0. The lowest BCUT2D eigenvalue weighted by Crippen LogP contribution is -2.37. The van der Waals surface area contributed by atoms with Crippen molar-refractivity contribution in [1.82, 2.24) is 0 Å². The lowest BCUT2D eigenvalue weighted by atomic mass is 9.79. The van der Waals surface area contributed by atoms with Crippen LogP contribution >= 0.6 is 0 Å². The molecular weight excluding hydrogens is 354 g/mol. The summed E-state index contributed by atoms with van der Waals surface area (Å²) in [7, 11) is 0. The summed E-state index contributed by atoms with van der Waals surface area (Å²) in [5.74, 6) is -4.39. The van der Waals surface area contributed by atoms with Crippen molar-refractivity contribution in [3.05, 3.63) is 65.7 Å². The molecule has 0 bridgehead atoms. The Labute approximate surface area is 163 Å². The van der Waals surface area contributed by atoms with Gasteiger partial charge in [0.25, 0.3) is 0 Å². The van der Waals surface area contributed by atoms with Crippen molar-refractivity contribution in [1.29, 1.82) is 10.5 Å². The summed E-state index contributed by atoms with van der Waals surface area (Å²) in [5, 5.41) is 18.8. The van der Waals surface area contributed by atoms with Crippen molar-refractivity contribution >= 4 is 17.6 Å². The van der Waals surface area contributed by atoms with Gasteiger partial charge in [-0.15, -0.1) is 0 Å². The van der Waals surface area contributed by atoms with Gasteiger partial charge in [0.2, 0.25) is 5.91 Å². The largest absolute Gasteiger partial charge is 0.466 e. The molecule has 0 fully saturated rings. The molecular formula is C22H19N3O3. The van der Waals surface area contributed by atoms with Gasteiger partial charge in [0, 0.05) is 5.69 Å². The van der Waals surface area contributed by atoms with E-state index in [9.17, 15) is 20.1 Å². The van der Waals surface area contributed by atoms with E-state index in [4.69, 9.17) is 4.74 Å². The Balaban J connectivity index is 2.05. The average molecular weight is 373 g/mol. The highest BCUT2D eigenvalue weighted by molar-refractivity contribution is 6.07. The molecule has 1 aliphatic heterocycles. The summed E-state index contributed by atoms with van der Waals surface area (Å²) in [6, 6.07) is 20.4. The standard InChI is InChI=1S/C22H19N3O3/c1-2-28-22(27)19(16(12-23)13-24)20-17-10-6-7-11-18(17)25(21(20)26)14-15-8-4-3-5-9-15/h3-11,16,19-20H,2,14H2,1H3/t19-,20-/m1/s1. The zero-order valence-electron chi connectivity index (χ0n) is 15.4. The first-order chi connectivity index (χ1) is 13.6. The van der Waals surface area contributed by atoms with Crippen LogP contribution in [-0.4, -0.2) is 18.5 Å².